The minimum atomic E-state index is -1.22. The van der Waals surface area contributed by atoms with Crippen LogP contribution >= 0.6 is 11.3 Å². The van der Waals surface area contributed by atoms with Gasteiger partial charge >= 0.3 is 5.97 Å². The molecule has 0 saturated carbocycles. The summed E-state index contributed by atoms with van der Waals surface area (Å²) >= 11 is 1.41. The number of nitrogens with one attached hydrogen (secondary N) is 1. The Labute approximate surface area is 162 Å². The molecule has 3 rings (SSSR count). The maximum Gasteiger partial charge on any atom is 0.341 e. The molecule has 7 heteroatoms. The summed E-state index contributed by atoms with van der Waals surface area (Å²) in [6.45, 7) is 4.17. The summed E-state index contributed by atoms with van der Waals surface area (Å²) < 4.78 is 5.21. The van der Waals surface area contributed by atoms with Crippen LogP contribution in [0.25, 0.3) is 0 Å². The maximum atomic E-state index is 12.8. The van der Waals surface area contributed by atoms with Gasteiger partial charge in [0.05, 0.1) is 18.1 Å². The molecule has 2 aliphatic carbocycles. The van der Waals surface area contributed by atoms with Gasteiger partial charge in [0.2, 0.25) is 5.91 Å². The summed E-state index contributed by atoms with van der Waals surface area (Å²) in [6.07, 6.45) is 6.85. The lowest BCUT2D eigenvalue weighted by Crippen LogP contribution is -2.41. The van der Waals surface area contributed by atoms with Gasteiger partial charge in [-0.3, -0.25) is 4.79 Å². The molecule has 6 nitrogen and oxygen atoms in total. The monoisotopic (exact) mass is 390 g/mol. The van der Waals surface area contributed by atoms with Crippen LogP contribution in [0.3, 0.4) is 0 Å². The van der Waals surface area contributed by atoms with Gasteiger partial charge < -0.3 is 20.0 Å². The highest BCUT2D eigenvalue weighted by molar-refractivity contribution is 7.17. The Morgan fingerprint density at radius 1 is 1.26 bits per heavy atom. The number of hydrogen-bond acceptors (Lipinski definition) is 6. The van der Waals surface area contributed by atoms with Crippen molar-refractivity contribution < 1.29 is 24.2 Å². The minimum Gasteiger partial charge on any atom is -0.550 e. The Morgan fingerprint density at radius 2 is 1.96 bits per heavy atom. The van der Waals surface area contributed by atoms with Crippen LogP contribution in [0.5, 0.6) is 0 Å². The molecule has 1 aromatic heterocycles. The lowest BCUT2D eigenvalue weighted by molar-refractivity contribution is -0.313. The molecule has 1 amide bonds. The zero-order chi connectivity index (χ0) is 19.6. The van der Waals surface area contributed by atoms with Crippen molar-refractivity contribution in [2.75, 3.05) is 11.9 Å². The van der Waals surface area contributed by atoms with E-state index in [2.05, 4.69) is 12.2 Å². The highest BCUT2D eigenvalue weighted by Gasteiger charge is 2.33. The van der Waals surface area contributed by atoms with Gasteiger partial charge in [-0.2, -0.15) is 0 Å². The number of aliphatic carboxylic acids is 1. The van der Waals surface area contributed by atoms with Gasteiger partial charge in [-0.05, 0) is 50.5 Å². The van der Waals surface area contributed by atoms with E-state index < -0.39 is 23.8 Å². The minimum absolute atomic E-state index is 0.257. The van der Waals surface area contributed by atoms with Gasteiger partial charge in [0, 0.05) is 16.8 Å². The van der Waals surface area contributed by atoms with E-state index in [1.807, 2.05) is 6.08 Å². The van der Waals surface area contributed by atoms with E-state index in [-0.39, 0.29) is 18.9 Å². The predicted molar refractivity (Wildman–Crippen MR) is 100 cm³/mol. The number of carbonyl (C=O) groups is 3. The van der Waals surface area contributed by atoms with Crippen LogP contribution in [0, 0.1) is 17.8 Å². The first-order valence-corrected chi connectivity index (χ1v) is 10.2. The Morgan fingerprint density at radius 3 is 2.63 bits per heavy atom. The van der Waals surface area contributed by atoms with E-state index in [4.69, 9.17) is 4.74 Å². The number of anilines is 1. The van der Waals surface area contributed by atoms with Crippen molar-refractivity contribution in [2.45, 2.75) is 46.0 Å². The number of esters is 1. The van der Waals surface area contributed by atoms with E-state index in [0.29, 0.717) is 22.9 Å². The molecule has 0 fully saturated rings. The SMILES string of the molecule is CCOC(=O)c1c(NC(=O)[C@@H]2CC=CC[C@H]2C(=O)[O-])sc2c1CC[C@@H](C)C2. The van der Waals surface area contributed by atoms with Crippen molar-refractivity contribution in [1.29, 1.82) is 0 Å². The van der Waals surface area contributed by atoms with Gasteiger partial charge in [-0.25, -0.2) is 4.79 Å². The average molecular weight is 390 g/mol. The second-order valence-corrected chi connectivity index (χ2v) is 8.35. The quantitative estimate of drug-likeness (QED) is 0.615. The Balaban J connectivity index is 1.89. The third kappa shape index (κ3) is 4.08. The lowest BCUT2D eigenvalue weighted by atomic mass is 9.82. The van der Waals surface area contributed by atoms with Crippen LogP contribution in [0.4, 0.5) is 5.00 Å². The predicted octanol–water partition coefficient (Wildman–Crippen LogP) is 2.32. The van der Waals surface area contributed by atoms with Gasteiger partial charge in [0.25, 0.3) is 0 Å². The topological polar surface area (TPSA) is 95.5 Å². The Kier molecular flexibility index (Phi) is 5.99. The molecule has 1 heterocycles. The Bertz CT molecular complexity index is 782. The second kappa shape index (κ2) is 8.25. The summed E-state index contributed by atoms with van der Waals surface area (Å²) in [6, 6.07) is 0. The van der Waals surface area contributed by atoms with Gasteiger partial charge in [0.1, 0.15) is 5.00 Å². The van der Waals surface area contributed by atoms with Crippen LogP contribution in [0.15, 0.2) is 12.2 Å². The molecule has 0 bridgehead atoms. The van der Waals surface area contributed by atoms with Crippen LogP contribution in [0.2, 0.25) is 0 Å². The van der Waals surface area contributed by atoms with Gasteiger partial charge in [0.15, 0.2) is 0 Å². The molecule has 0 saturated heterocycles. The largest absolute Gasteiger partial charge is 0.550 e. The molecule has 146 valence electrons. The maximum absolute atomic E-state index is 12.8. The number of carboxylic acids is 1. The molecule has 0 aliphatic heterocycles. The third-order valence-electron chi connectivity index (χ3n) is 5.30. The van der Waals surface area contributed by atoms with Crippen molar-refractivity contribution in [3.63, 3.8) is 0 Å². The average Bonchev–Trinajstić information content (AvgIpc) is 2.98. The van der Waals surface area contributed by atoms with Crippen LogP contribution in [0.1, 0.15) is 53.9 Å². The third-order valence-corrected chi connectivity index (χ3v) is 6.47. The molecule has 0 unspecified atom stereocenters. The van der Waals surface area contributed by atoms with Crippen molar-refractivity contribution in [3.05, 3.63) is 28.2 Å². The fourth-order valence-corrected chi connectivity index (χ4v) is 5.23. The fraction of sp³-hybridized carbons (Fsp3) is 0.550. The van der Waals surface area contributed by atoms with E-state index >= 15 is 0 Å². The zero-order valence-electron chi connectivity index (χ0n) is 15.6. The number of amides is 1. The molecule has 27 heavy (non-hydrogen) atoms. The molecule has 1 N–H and O–H groups in total. The highest BCUT2D eigenvalue weighted by Crippen LogP contribution is 2.40. The van der Waals surface area contributed by atoms with E-state index in [1.165, 1.54) is 11.3 Å². The summed E-state index contributed by atoms with van der Waals surface area (Å²) in [5, 5.41) is 14.7. The number of rotatable bonds is 5. The van der Waals surface area contributed by atoms with Gasteiger partial charge in [-0.1, -0.05) is 19.1 Å². The first-order chi connectivity index (χ1) is 12.9. The number of carboxylic acid groups (broad SMARTS) is 1. The van der Waals surface area contributed by atoms with Gasteiger partial charge in [-0.15, -0.1) is 11.3 Å². The normalized spacial score (nSPS) is 24.1. The first kappa shape index (κ1) is 19.6. The number of hydrogen-bond donors (Lipinski definition) is 1. The van der Waals surface area contributed by atoms with Crippen molar-refractivity contribution >= 4 is 34.2 Å². The molecule has 0 aromatic carbocycles. The van der Waals surface area contributed by atoms with E-state index in [1.54, 1.807) is 13.0 Å². The van der Waals surface area contributed by atoms with Crippen molar-refractivity contribution in [2.24, 2.45) is 17.8 Å². The summed E-state index contributed by atoms with van der Waals surface area (Å²) in [7, 11) is 0. The molecular formula is C20H24NO5S-. The summed E-state index contributed by atoms with van der Waals surface area (Å²) in [5.74, 6) is -3.06. The van der Waals surface area contributed by atoms with Crippen LogP contribution in [-0.2, 0) is 27.2 Å². The lowest BCUT2D eigenvalue weighted by Gasteiger charge is -2.28. The molecular weight excluding hydrogens is 366 g/mol. The molecule has 0 radical (unpaired) electrons. The standard InChI is InChI=1S/C20H25NO5S/c1-3-26-20(25)16-14-9-8-11(2)10-15(14)27-18(16)21-17(22)12-6-4-5-7-13(12)19(23)24/h4-5,11-13H,3,6-10H2,1-2H3,(H,21,22)(H,23,24)/p-1/t11-,12-,13-/m1/s1. The second-order valence-electron chi connectivity index (χ2n) is 7.24. The van der Waals surface area contributed by atoms with Crippen molar-refractivity contribution in [3.8, 4) is 0 Å². The summed E-state index contributed by atoms with van der Waals surface area (Å²) in [5.41, 5.74) is 1.40. The van der Waals surface area contributed by atoms with Crippen LogP contribution < -0.4 is 10.4 Å². The smallest absolute Gasteiger partial charge is 0.341 e. The number of carbonyl (C=O) groups excluding carboxylic acids is 3. The highest BCUT2D eigenvalue weighted by atomic mass is 32.1. The molecule has 2 aliphatic rings. The number of allylic oxidation sites excluding steroid dienone is 2. The number of ether oxygens (including phenoxy) is 1. The fourth-order valence-electron chi connectivity index (χ4n) is 3.83. The zero-order valence-corrected chi connectivity index (χ0v) is 16.4. The number of thiophene rings is 1. The molecule has 1 aromatic rings. The first-order valence-electron chi connectivity index (χ1n) is 9.40. The van der Waals surface area contributed by atoms with E-state index in [9.17, 15) is 19.5 Å². The van der Waals surface area contributed by atoms with Crippen LogP contribution in [-0.4, -0.2) is 24.5 Å². The Hall–Kier alpha value is -2.15. The number of fused-ring (bicyclic) bond motifs is 1. The molecule has 0 spiro atoms. The van der Waals surface area contributed by atoms with Crippen molar-refractivity contribution in [1.82, 2.24) is 0 Å². The molecule has 3 atom stereocenters. The van der Waals surface area contributed by atoms with E-state index in [0.717, 1.165) is 29.7 Å². The summed E-state index contributed by atoms with van der Waals surface area (Å²) in [4.78, 5) is 37.8.